The summed E-state index contributed by atoms with van der Waals surface area (Å²) in [6, 6.07) is 2.27. The van der Waals surface area contributed by atoms with Gasteiger partial charge in [0.15, 0.2) is 16.8 Å². The maximum atomic E-state index is 14.6. The second-order valence-corrected chi connectivity index (χ2v) is 8.98. The highest BCUT2D eigenvalue weighted by Crippen LogP contribution is 2.32. The molecular weight excluding hydrogens is 464 g/mol. The second kappa shape index (κ2) is 12.9. The lowest BCUT2D eigenvalue weighted by molar-refractivity contribution is 0.102. The van der Waals surface area contributed by atoms with Gasteiger partial charge < -0.3 is 20.5 Å². The van der Waals surface area contributed by atoms with Crippen molar-refractivity contribution in [3.63, 3.8) is 0 Å². The molecule has 0 saturated heterocycles. The third kappa shape index (κ3) is 7.97. The van der Waals surface area contributed by atoms with Gasteiger partial charge in [-0.05, 0) is 31.9 Å². The molecule has 11 heteroatoms. The standard InChI is InChI=1S/C23H27F2N5O3S/c1-5-6-7-8-33-19-13-28-18(12-29-19)21(31)30-16-9-15(20(25)17(24)10-16)11-23(2,14-32-4)34-22(26)27-3/h9-10,12-13H,7-8,11,14H2,1-4H3,(H2,26,27)(H,30,31)/t23-/m1/s1. The first-order valence-corrected chi connectivity index (χ1v) is 11.1. The van der Waals surface area contributed by atoms with Gasteiger partial charge in [0.2, 0.25) is 5.88 Å². The van der Waals surface area contributed by atoms with Crippen molar-refractivity contribution in [3.8, 4) is 17.7 Å². The molecule has 2 rings (SSSR count). The average molecular weight is 492 g/mol. The van der Waals surface area contributed by atoms with Gasteiger partial charge in [-0.15, -0.1) is 11.8 Å². The van der Waals surface area contributed by atoms with Gasteiger partial charge in [-0.25, -0.2) is 18.7 Å². The van der Waals surface area contributed by atoms with Crippen LogP contribution in [0.1, 0.15) is 36.3 Å². The monoisotopic (exact) mass is 491 g/mol. The number of benzene rings is 1. The number of aromatic nitrogens is 2. The Morgan fingerprint density at radius 1 is 1.32 bits per heavy atom. The number of amidine groups is 1. The number of carbonyl (C=O) groups excluding carboxylic acids is 1. The van der Waals surface area contributed by atoms with Crippen LogP contribution in [0.3, 0.4) is 0 Å². The molecule has 0 radical (unpaired) electrons. The second-order valence-electron chi connectivity index (χ2n) is 7.37. The molecule has 0 aliphatic rings. The molecule has 1 atom stereocenters. The van der Waals surface area contributed by atoms with Crippen molar-refractivity contribution in [3.05, 3.63) is 47.4 Å². The van der Waals surface area contributed by atoms with E-state index in [2.05, 4.69) is 32.1 Å². The number of anilines is 1. The normalized spacial score (nSPS) is 12.9. The average Bonchev–Trinajstić information content (AvgIpc) is 2.80. The molecule has 8 nitrogen and oxygen atoms in total. The topological polar surface area (TPSA) is 112 Å². The maximum Gasteiger partial charge on any atom is 0.275 e. The molecule has 2 aromatic rings. The third-order valence-corrected chi connectivity index (χ3v) is 5.61. The number of thioether (sulfide) groups is 1. The zero-order valence-electron chi connectivity index (χ0n) is 19.4. The molecule has 182 valence electrons. The molecule has 0 aliphatic carbocycles. The summed E-state index contributed by atoms with van der Waals surface area (Å²) in [7, 11) is 3.04. The number of hydrogen-bond acceptors (Lipinski definition) is 7. The van der Waals surface area contributed by atoms with Gasteiger partial charge in [0.1, 0.15) is 12.3 Å². The summed E-state index contributed by atoms with van der Waals surface area (Å²) in [5.74, 6) is 3.11. The fraction of sp³-hybridized carbons (Fsp3) is 0.391. The van der Waals surface area contributed by atoms with Crippen LogP contribution in [0.4, 0.5) is 14.5 Å². The first kappa shape index (κ1) is 27.0. The Hall–Kier alpha value is -3.23. The Morgan fingerprint density at radius 3 is 2.71 bits per heavy atom. The maximum absolute atomic E-state index is 14.6. The summed E-state index contributed by atoms with van der Waals surface area (Å²) in [5, 5.41) is 2.81. The zero-order chi connectivity index (χ0) is 25.1. The molecule has 0 aliphatic heterocycles. The third-order valence-electron chi connectivity index (χ3n) is 4.46. The Balaban J connectivity index is 2.17. The predicted octanol–water partition coefficient (Wildman–Crippen LogP) is 3.42. The Bertz CT molecular complexity index is 1090. The number of amides is 1. The van der Waals surface area contributed by atoms with E-state index in [1.54, 1.807) is 13.8 Å². The van der Waals surface area contributed by atoms with E-state index >= 15 is 0 Å². The molecule has 1 heterocycles. The van der Waals surface area contributed by atoms with Crippen LogP contribution >= 0.6 is 11.8 Å². The van der Waals surface area contributed by atoms with Crippen LogP contribution in [0.2, 0.25) is 0 Å². The van der Waals surface area contributed by atoms with Gasteiger partial charge in [0, 0.05) is 37.1 Å². The fourth-order valence-corrected chi connectivity index (χ4v) is 4.01. The van der Waals surface area contributed by atoms with Crippen molar-refractivity contribution in [2.75, 3.05) is 32.7 Å². The van der Waals surface area contributed by atoms with Crippen LogP contribution in [0.25, 0.3) is 0 Å². The number of hydrogen-bond donors (Lipinski definition) is 2. The Labute approximate surface area is 201 Å². The number of nitrogens with one attached hydrogen (secondary N) is 1. The lowest BCUT2D eigenvalue weighted by Crippen LogP contribution is -2.33. The summed E-state index contributed by atoms with van der Waals surface area (Å²) >= 11 is 1.20. The Kier molecular flexibility index (Phi) is 10.2. The number of nitrogens with two attached hydrogens (primary N) is 1. The van der Waals surface area contributed by atoms with Gasteiger partial charge in [0.25, 0.3) is 5.91 Å². The number of aliphatic imine (C=N–C) groups is 1. The van der Waals surface area contributed by atoms with Gasteiger partial charge in [-0.3, -0.25) is 9.79 Å². The van der Waals surface area contributed by atoms with Crippen molar-refractivity contribution < 1.29 is 23.0 Å². The summed E-state index contributed by atoms with van der Waals surface area (Å²) in [6.07, 6.45) is 3.15. The highest BCUT2D eigenvalue weighted by molar-refractivity contribution is 8.15. The number of halogens is 2. The van der Waals surface area contributed by atoms with Crippen LogP contribution in [-0.2, 0) is 11.2 Å². The molecule has 1 aromatic heterocycles. The van der Waals surface area contributed by atoms with Crippen molar-refractivity contribution in [1.82, 2.24) is 9.97 Å². The fourth-order valence-electron chi connectivity index (χ4n) is 3.00. The summed E-state index contributed by atoms with van der Waals surface area (Å²) < 4.78 is 38.8. The van der Waals surface area contributed by atoms with E-state index in [1.165, 1.54) is 44.4 Å². The van der Waals surface area contributed by atoms with Crippen LogP contribution in [0.15, 0.2) is 29.5 Å². The van der Waals surface area contributed by atoms with E-state index in [0.29, 0.717) is 13.0 Å². The van der Waals surface area contributed by atoms with Crippen LogP contribution < -0.4 is 15.8 Å². The smallest absolute Gasteiger partial charge is 0.275 e. The summed E-state index contributed by atoms with van der Waals surface area (Å²) in [6.45, 7) is 4.09. The number of carbonyl (C=O) groups is 1. The lowest BCUT2D eigenvalue weighted by atomic mass is 9.99. The minimum atomic E-state index is -1.10. The molecule has 0 unspecified atom stereocenters. The molecule has 1 aromatic carbocycles. The van der Waals surface area contributed by atoms with Crippen molar-refractivity contribution in [1.29, 1.82) is 0 Å². The first-order chi connectivity index (χ1) is 16.2. The van der Waals surface area contributed by atoms with Crippen molar-refractivity contribution in [2.45, 2.75) is 31.4 Å². The number of nitrogens with zero attached hydrogens (tertiary/aromatic N) is 3. The molecule has 0 spiro atoms. The van der Waals surface area contributed by atoms with E-state index in [1.807, 2.05) is 0 Å². The summed E-state index contributed by atoms with van der Waals surface area (Å²) in [4.78, 5) is 24.5. The van der Waals surface area contributed by atoms with Gasteiger partial charge in [-0.2, -0.15) is 0 Å². The minimum Gasteiger partial charge on any atom is -0.476 e. The van der Waals surface area contributed by atoms with Crippen LogP contribution in [0.5, 0.6) is 5.88 Å². The van der Waals surface area contributed by atoms with Gasteiger partial charge >= 0.3 is 0 Å². The van der Waals surface area contributed by atoms with Crippen molar-refractivity contribution in [2.24, 2.45) is 10.7 Å². The van der Waals surface area contributed by atoms with Crippen LogP contribution in [-0.4, -0.2) is 53.2 Å². The molecule has 0 fully saturated rings. The molecule has 3 N–H and O–H groups in total. The highest BCUT2D eigenvalue weighted by Gasteiger charge is 2.30. The van der Waals surface area contributed by atoms with Gasteiger partial charge in [-0.1, -0.05) is 11.8 Å². The minimum absolute atomic E-state index is 0.0151. The Morgan fingerprint density at radius 2 is 2.09 bits per heavy atom. The van der Waals surface area contributed by atoms with Crippen molar-refractivity contribution >= 4 is 28.5 Å². The molecule has 0 saturated carbocycles. The lowest BCUT2D eigenvalue weighted by Gasteiger charge is -2.28. The zero-order valence-corrected chi connectivity index (χ0v) is 20.3. The quantitative estimate of drug-likeness (QED) is 0.227. The number of rotatable bonds is 10. The molecule has 0 bridgehead atoms. The number of ether oxygens (including phenoxy) is 2. The van der Waals surface area contributed by atoms with E-state index in [9.17, 15) is 13.6 Å². The highest BCUT2D eigenvalue weighted by atomic mass is 32.2. The molecule has 34 heavy (non-hydrogen) atoms. The van der Waals surface area contributed by atoms with E-state index in [4.69, 9.17) is 15.2 Å². The number of methoxy groups -OCH3 is 1. The van der Waals surface area contributed by atoms with E-state index in [0.717, 1.165) is 6.07 Å². The largest absolute Gasteiger partial charge is 0.476 e. The summed E-state index contributed by atoms with van der Waals surface area (Å²) in [5.41, 5.74) is 5.93. The molecular formula is C23H27F2N5O3S. The predicted molar refractivity (Wildman–Crippen MR) is 129 cm³/mol. The van der Waals surface area contributed by atoms with E-state index < -0.39 is 22.3 Å². The first-order valence-electron chi connectivity index (χ1n) is 10.2. The van der Waals surface area contributed by atoms with E-state index in [-0.39, 0.29) is 41.0 Å². The van der Waals surface area contributed by atoms with Gasteiger partial charge in [0.05, 0.1) is 19.0 Å². The SMILES string of the molecule is CC#CCCOc1cnc(C(=O)Nc2cc(F)c(F)c(C[C@](C)(COC)SC(N)=NC)c2)cn1. The van der Waals surface area contributed by atoms with Crippen LogP contribution in [0, 0.1) is 23.5 Å². The molecule has 1 amide bonds.